The third-order valence-corrected chi connectivity index (χ3v) is 3.31. The molecule has 1 aliphatic heterocycles. The van der Waals surface area contributed by atoms with Gasteiger partial charge in [-0.15, -0.1) is 0 Å². The minimum atomic E-state index is -1.75. The molecule has 1 atom stereocenters. The first-order chi connectivity index (χ1) is 9.59. The third kappa shape index (κ3) is 1.95. The first-order valence-electron chi connectivity index (χ1n) is 5.94. The number of methoxy groups -OCH3 is 1. The summed E-state index contributed by atoms with van der Waals surface area (Å²) in [4.78, 5) is 11.9. The summed E-state index contributed by atoms with van der Waals surface area (Å²) in [6, 6.07) is 12.6. The maximum absolute atomic E-state index is 11.9. The Morgan fingerprint density at radius 3 is 2.40 bits per heavy atom. The van der Waals surface area contributed by atoms with Crippen LogP contribution in [0.1, 0.15) is 18.6 Å². The van der Waals surface area contributed by atoms with Crippen molar-refractivity contribution >= 4 is 5.97 Å². The van der Waals surface area contributed by atoms with E-state index in [9.17, 15) is 15.3 Å². The van der Waals surface area contributed by atoms with Gasteiger partial charge in [0.2, 0.25) is 0 Å². The molecule has 2 rings (SSSR count). The Kier molecular flexibility index (Phi) is 3.56. The average molecular weight is 268 g/mol. The molecule has 20 heavy (non-hydrogen) atoms. The van der Waals surface area contributed by atoms with E-state index in [4.69, 9.17) is 9.47 Å². The summed E-state index contributed by atoms with van der Waals surface area (Å²) in [6.07, 6.45) is -0.775. The SMILES string of the molecule is COC(=O)C1=C(C)C(C#N)(C#N)O[C@H]1c1ccccc1. The van der Waals surface area contributed by atoms with Crippen LogP contribution in [-0.2, 0) is 14.3 Å². The van der Waals surface area contributed by atoms with Gasteiger partial charge in [0, 0.05) is 5.57 Å². The van der Waals surface area contributed by atoms with Gasteiger partial charge < -0.3 is 9.47 Å². The zero-order valence-electron chi connectivity index (χ0n) is 11.1. The molecule has 5 nitrogen and oxygen atoms in total. The lowest BCUT2D eigenvalue weighted by molar-refractivity contribution is -0.137. The number of benzene rings is 1. The van der Waals surface area contributed by atoms with Gasteiger partial charge in [-0.25, -0.2) is 4.79 Å². The molecule has 1 heterocycles. The number of nitriles is 2. The summed E-state index contributed by atoms with van der Waals surface area (Å²) in [6.45, 7) is 1.54. The Balaban J connectivity index is 2.59. The van der Waals surface area contributed by atoms with Crippen LogP contribution < -0.4 is 0 Å². The smallest absolute Gasteiger partial charge is 0.336 e. The second-order valence-corrected chi connectivity index (χ2v) is 4.34. The average Bonchev–Trinajstić information content (AvgIpc) is 2.81. The van der Waals surface area contributed by atoms with Crippen LogP contribution in [0.5, 0.6) is 0 Å². The fourth-order valence-corrected chi connectivity index (χ4v) is 2.19. The lowest BCUT2D eigenvalue weighted by Crippen LogP contribution is -2.26. The van der Waals surface area contributed by atoms with Gasteiger partial charge in [0.05, 0.1) is 12.7 Å². The van der Waals surface area contributed by atoms with Crippen LogP contribution in [0.15, 0.2) is 41.5 Å². The van der Waals surface area contributed by atoms with Crippen molar-refractivity contribution < 1.29 is 14.3 Å². The van der Waals surface area contributed by atoms with E-state index >= 15 is 0 Å². The van der Waals surface area contributed by atoms with Crippen molar-refractivity contribution in [1.29, 1.82) is 10.5 Å². The van der Waals surface area contributed by atoms with E-state index in [0.717, 1.165) is 0 Å². The van der Waals surface area contributed by atoms with Crippen molar-refractivity contribution in [3.05, 3.63) is 47.0 Å². The Bertz CT molecular complexity index is 636. The molecule has 0 aliphatic carbocycles. The fourth-order valence-electron chi connectivity index (χ4n) is 2.19. The van der Waals surface area contributed by atoms with Crippen molar-refractivity contribution in [2.45, 2.75) is 18.6 Å². The molecule has 0 spiro atoms. The molecular formula is C15H12N2O3. The highest BCUT2D eigenvalue weighted by molar-refractivity contribution is 5.92. The molecule has 1 aromatic rings. The zero-order valence-corrected chi connectivity index (χ0v) is 11.1. The summed E-state index contributed by atoms with van der Waals surface area (Å²) < 4.78 is 10.3. The Morgan fingerprint density at radius 1 is 1.30 bits per heavy atom. The number of carbonyl (C=O) groups excluding carboxylic acids is 1. The molecule has 1 aliphatic rings. The quantitative estimate of drug-likeness (QED) is 0.766. The predicted molar refractivity (Wildman–Crippen MR) is 68.9 cm³/mol. The molecule has 0 saturated carbocycles. The van der Waals surface area contributed by atoms with Crippen LogP contribution in [0.3, 0.4) is 0 Å². The maximum Gasteiger partial charge on any atom is 0.336 e. The molecule has 5 heteroatoms. The van der Waals surface area contributed by atoms with E-state index < -0.39 is 17.7 Å². The van der Waals surface area contributed by atoms with E-state index in [0.29, 0.717) is 5.56 Å². The lowest BCUT2D eigenvalue weighted by atomic mass is 9.93. The lowest BCUT2D eigenvalue weighted by Gasteiger charge is -2.17. The van der Waals surface area contributed by atoms with E-state index in [-0.39, 0.29) is 11.1 Å². The van der Waals surface area contributed by atoms with Crippen LogP contribution in [0.4, 0.5) is 0 Å². The monoisotopic (exact) mass is 268 g/mol. The van der Waals surface area contributed by atoms with Gasteiger partial charge in [0.25, 0.3) is 5.60 Å². The van der Waals surface area contributed by atoms with E-state index in [1.54, 1.807) is 31.2 Å². The van der Waals surface area contributed by atoms with Gasteiger partial charge in [-0.1, -0.05) is 30.3 Å². The van der Waals surface area contributed by atoms with E-state index in [1.165, 1.54) is 7.11 Å². The highest BCUT2D eigenvalue weighted by atomic mass is 16.5. The summed E-state index contributed by atoms with van der Waals surface area (Å²) in [5.74, 6) is -0.594. The first kappa shape index (κ1) is 13.8. The van der Waals surface area contributed by atoms with Crippen molar-refractivity contribution in [3.63, 3.8) is 0 Å². The summed E-state index contributed by atoms with van der Waals surface area (Å²) >= 11 is 0. The first-order valence-corrected chi connectivity index (χ1v) is 5.94. The number of hydrogen-bond donors (Lipinski definition) is 0. The van der Waals surface area contributed by atoms with Crippen LogP contribution >= 0.6 is 0 Å². The molecule has 0 amide bonds. The second kappa shape index (κ2) is 5.16. The van der Waals surface area contributed by atoms with Crippen molar-refractivity contribution in [2.24, 2.45) is 0 Å². The molecular weight excluding hydrogens is 256 g/mol. The second-order valence-electron chi connectivity index (χ2n) is 4.34. The largest absolute Gasteiger partial charge is 0.466 e. The molecule has 0 unspecified atom stereocenters. The van der Waals surface area contributed by atoms with Gasteiger partial charge in [0.1, 0.15) is 18.2 Å². The van der Waals surface area contributed by atoms with Crippen LogP contribution in [-0.4, -0.2) is 18.7 Å². The van der Waals surface area contributed by atoms with E-state index in [1.807, 2.05) is 18.2 Å². The zero-order chi connectivity index (χ0) is 14.8. The van der Waals surface area contributed by atoms with Crippen LogP contribution in [0.25, 0.3) is 0 Å². The van der Waals surface area contributed by atoms with Gasteiger partial charge in [-0.2, -0.15) is 10.5 Å². The minimum absolute atomic E-state index is 0.210. The number of ether oxygens (including phenoxy) is 2. The Hall–Kier alpha value is -2.63. The van der Waals surface area contributed by atoms with Crippen LogP contribution in [0, 0.1) is 22.7 Å². The predicted octanol–water partition coefficient (Wildman–Crippen LogP) is 2.03. The normalized spacial score (nSPS) is 20.1. The Morgan fingerprint density at radius 2 is 1.90 bits per heavy atom. The molecule has 0 radical (unpaired) electrons. The summed E-state index contributed by atoms with van der Waals surface area (Å²) in [5.41, 5.74) is -0.561. The number of nitrogens with zero attached hydrogens (tertiary/aromatic N) is 2. The minimum Gasteiger partial charge on any atom is -0.466 e. The van der Waals surface area contributed by atoms with Gasteiger partial charge >= 0.3 is 5.97 Å². The number of esters is 1. The van der Waals surface area contributed by atoms with Gasteiger partial charge in [-0.3, -0.25) is 0 Å². The van der Waals surface area contributed by atoms with Crippen molar-refractivity contribution in [3.8, 4) is 12.1 Å². The van der Waals surface area contributed by atoms with Crippen LogP contribution in [0.2, 0.25) is 0 Å². The van der Waals surface area contributed by atoms with Gasteiger partial charge in [0.15, 0.2) is 0 Å². The molecule has 0 aromatic heterocycles. The number of rotatable bonds is 2. The highest BCUT2D eigenvalue weighted by Crippen LogP contribution is 2.43. The molecule has 1 aromatic carbocycles. The van der Waals surface area contributed by atoms with E-state index in [2.05, 4.69) is 0 Å². The standard InChI is InChI=1S/C15H12N2O3/c1-10-12(14(18)19-2)13(11-6-4-3-5-7-11)20-15(10,8-16)9-17/h3-7,13H,1-2H3/t13-/m0/s1. The number of hydrogen-bond acceptors (Lipinski definition) is 5. The third-order valence-electron chi connectivity index (χ3n) is 3.31. The highest BCUT2D eigenvalue weighted by Gasteiger charge is 2.49. The number of carbonyl (C=O) groups is 1. The molecule has 0 bridgehead atoms. The van der Waals surface area contributed by atoms with Gasteiger partial charge in [-0.05, 0) is 12.5 Å². The molecule has 0 fully saturated rings. The molecule has 0 saturated heterocycles. The molecule has 0 N–H and O–H groups in total. The maximum atomic E-state index is 11.9. The fraction of sp³-hybridized carbons (Fsp3) is 0.267. The Labute approximate surface area is 116 Å². The topological polar surface area (TPSA) is 83.1 Å². The summed E-state index contributed by atoms with van der Waals surface area (Å²) in [5, 5.41) is 18.5. The summed E-state index contributed by atoms with van der Waals surface area (Å²) in [7, 11) is 1.25. The van der Waals surface area contributed by atoms with Crippen molar-refractivity contribution in [1.82, 2.24) is 0 Å². The molecule has 100 valence electrons. The van der Waals surface area contributed by atoms with Crippen molar-refractivity contribution in [2.75, 3.05) is 7.11 Å².